The van der Waals surface area contributed by atoms with Crippen molar-refractivity contribution in [2.45, 2.75) is 65.4 Å². The van der Waals surface area contributed by atoms with Gasteiger partial charge in [0.1, 0.15) is 12.4 Å². The molecular weight excluding hydrogens is 400 g/mol. The van der Waals surface area contributed by atoms with E-state index in [0.717, 1.165) is 19.3 Å². The zero-order valence-electron chi connectivity index (χ0n) is 19.9. The number of ether oxygens (including phenoxy) is 5. The molecule has 0 radical (unpaired) electrons. The van der Waals surface area contributed by atoms with Gasteiger partial charge in [0, 0.05) is 18.8 Å². The molecule has 0 aliphatic heterocycles. The van der Waals surface area contributed by atoms with Crippen LogP contribution in [0.3, 0.4) is 0 Å². The van der Waals surface area contributed by atoms with Gasteiger partial charge in [-0.2, -0.15) is 0 Å². The minimum atomic E-state index is -0.253. The highest BCUT2D eigenvalue weighted by Crippen LogP contribution is 2.34. The highest BCUT2D eigenvalue weighted by atomic mass is 16.6. The molecule has 180 valence electrons. The van der Waals surface area contributed by atoms with Gasteiger partial charge in [-0.15, -0.1) is 0 Å². The molecule has 0 heterocycles. The van der Waals surface area contributed by atoms with Crippen LogP contribution in [0.4, 0.5) is 0 Å². The number of ketones is 1. The molecule has 1 aliphatic carbocycles. The van der Waals surface area contributed by atoms with Crippen molar-refractivity contribution < 1.29 is 33.3 Å². The summed E-state index contributed by atoms with van der Waals surface area (Å²) < 4.78 is 27.1. The lowest BCUT2D eigenvalue weighted by Crippen LogP contribution is -2.22. The first-order valence-corrected chi connectivity index (χ1v) is 11.5. The molecule has 0 bridgehead atoms. The predicted octanol–water partition coefficient (Wildman–Crippen LogP) is 3.74. The van der Waals surface area contributed by atoms with Gasteiger partial charge in [0.05, 0.1) is 51.8 Å². The Morgan fingerprint density at radius 3 is 2.10 bits per heavy atom. The minimum Gasteiger partial charge on any atom is -0.463 e. The molecule has 0 aromatic rings. The fourth-order valence-corrected chi connectivity index (χ4v) is 3.39. The SMILES string of the molecule is CC/C=C\CC1C(=O)CCC1CC(=O)OCCOCCOCCOCCOC(C)(C)C. The van der Waals surface area contributed by atoms with E-state index in [-0.39, 0.29) is 35.8 Å². The van der Waals surface area contributed by atoms with Gasteiger partial charge in [0.2, 0.25) is 0 Å². The number of carbonyl (C=O) groups is 2. The van der Waals surface area contributed by atoms with Crippen molar-refractivity contribution in [2.24, 2.45) is 11.8 Å². The topological polar surface area (TPSA) is 80.3 Å². The number of esters is 1. The predicted molar refractivity (Wildman–Crippen MR) is 119 cm³/mol. The second kappa shape index (κ2) is 16.4. The standard InChI is InChI=1S/C24H42O7/c1-5-6-7-8-21-20(9-10-22(21)25)19-23(26)30-17-15-28-13-11-27-12-14-29-16-18-31-24(2,3)4/h6-7,20-21H,5,8-19H2,1-4H3/b7-6-. The Morgan fingerprint density at radius 2 is 1.52 bits per heavy atom. The van der Waals surface area contributed by atoms with Crippen LogP contribution in [0.1, 0.15) is 59.8 Å². The Morgan fingerprint density at radius 1 is 0.935 bits per heavy atom. The summed E-state index contributed by atoms with van der Waals surface area (Å²) >= 11 is 0. The van der Waals surface area contributed by atoms with Crippen molar-refractivity contribution in [1.29, 1.82) is 0 Å². The summed E-state index contributed by atoms with van der Waals surface area (Å²) in [6.45, 7) is 11.7. The summed E-state index contributed by atoms with van der Waals surface area (Å²) in [5.41, 5.74) is -0.144. The van der Waals surface area contributed by atoms with Crippen LogP contribution >= 0.6 is 0 Å². The molecule has 1 saturated carbocycles. The van der Waals surface area contributed by atoms with Crippen molar-refractivity contribution in [3.05, 3.63) is 12.2 Å². The van der Waals surface area contributed by atoms with Gasteiger partial charge in [-0.1, -0.05) is 19.1 Å². The van der Waals surface area contributed by atoms with E-state index in [1.807, 2.05) is 20.8 Å². The number of hydrogen-bond acceptors (Lipinski definition) is 7. The highest BCUT2D eigenvalue weighted by Gasteiger charge is 2.35. The molecule has 1 aliphatic rings. The molecule has 31 heavy (non-hydrogen) atoms. The average Bonchev–Trinajstić information content (AvgIpc) is 3.04. The van der Waals surface area contributed by atoms with E-state index in [4.69, 9.17) is 23.7 Å². The third-order valence-corrected chi connectivity index (χ3v) is 4.96. The number of Topliss-reactive ketones (excluding diaryl/α,β-unsaturated/α-hetero) is 1. The van der Waals surface area contributed by atoms with E-state index in [1.54, 1.807) is 0 Å². The molecule has 0 amide bonds. The summed E-state index contributed by atoms with van der Waals surface area (Å²) in [6, 6.07) is 0. The van der Waals surface area contributed by atoms with Gasteiger partial charge in [-0.05, 0) is 46.0 Å². The van der Waals surface area contributed by atoms with E-state index in [0.29, 0.717) is 59.1 Å². The number of hydrogen-bond donors (Lipinski definition) is 0. The van der Waals surface area contributed by atoms with Crippen LogP contribution in [0.5, 0.6) is 0 Å². The first-order chi connectivity index (χ1) is 14.8. The van der Waals surface area contributed by atoms with E-state index in [9.17, 15) is 9.59 Å². The maximum absolute atomic E-state index is 12.1. The fourth-order valence-electron chi connectivity index (χ4n) is 3.39. The summed E-state index contributed by atoms with van der Waals surface area (Å²) in [4.78, 5) is 24.1. The minimum absolute atomic E-state index is 0.0428. The van der Waals surface area contributed by atoms with Gasteiger partial charge >= 0.3 is 5.97 Å². The zero-order valence-corrected chi connectivity index (χ0v) is 19.9. The van der Waals surface area contributed by atoms with E-state index >= 15 is 0 Å². The smallest absolute Gasteiger partial charge is 0.306 e. The van der Waals surface area contributed by atoms with Crippen molar-refractivity contribution in [3.8, 4) is 0 Å². The largest absolute Gasteiger partial charge is 0.463 e. The maximum atomic E-state index is 12.1. The highest BCUT2D eigenvalue weighted by molar-refractivity contribution is 5.84. The molecule has 0 N–H and O–H groups in total. The van der Waals surface area contributed by atoms with E-state index < -0.39 is 0 Å². The normalized spacial score (nSPS) is 19.4. The lowest BCUT2D eigenvalue weighted by atomic mass is 9.89. The van der Waals surface area contributed by atoms with Crippen LogP contribution in [0.2, 0.25) is 0 Å². The summed E-state index contributed by atoms with van der Waals surface area (Å²) in [5, 5.41) is 0. The van der Waals surface area contributed by atoms with Crippen molar-refractivity contribution >= 4 is 11.8 Å². The Balaban J connectivity index is 1.95. The first-order valence-electron chi connectivity index (χ1n) is 11.5. The first kappa shape index (κ1) is 27.8. The molecule has 0 aromatic carbocycles. The molecule has 0 spiro atoms. The van der Waals surface area contributed by atoms with Crippen LogP contribution in [0, 0.1) is 11.8 Å². The Labute approximate surface area is 187 Å². The summed E-state index contributed by atoms with van der Waals surface area (Å²) in [5.74, 6) is 0.0685. The monoisotopic (exact) mass is 442 g/mol. The van der Waals surface area contributed by atoms with Crippen molar-refractivity contribution in [2.75, 3.05) is 52.9 Å². The Kier molecular flexibility index (Phi) is 14.7. The second-order valence-corrected chi connectivity index (χ2v) is 8.71. The van der Waals surface area contributed by atoms with E-state index in [2.05, 4.69) is 19.1 Å². The molecule has 1 fully saturated rings. The Hall–Kier alpha value is -1.28. The molecule has 7 nitrogen and oxygen atoms in total. The zero-order chi connectivity index (χ0) is 23.0. The maximum Gasteiger partial charge on any atom is 0.306 e. The second-order valence-electron chi connectivity index (χ2n) is 8.71. The summed E-state index contributed by atoms with van der Waals surface area (Å²) in [6.07, 6.45) is 7.46. The molecule has 7 heteroatoms. The van der Waals surface area contributed by atoms with Crippen LogP contribution < -0.4 is 0 Å². The van der Waals surface area contributed by atoms with Gasteiger partial charge in [0.25, 0.3) is 0 Å². The molecule has 0 aromatic heterocycles. The third-order valence-electron chi connectivity index (χ3n) is 4.96. The van der Waals surface area contributed by atoms with Crippen molar-refractivity contribution in [1.82, 2.24) is 0 Å². The lowest BCUT2D eigenvalue weighted by Gasteiger charge is -2.19. The summed E-state index contributed by atoms with van der Waals surface area (Å²) in [7, 11) is 0. The molecular formula is C24H42O7. The van der Waals surface area contributed by atoms with Gasteiger partial charge in [-0.25, -0.2) is 0 Å². The fraction of sp³-hybridized carbons (Fsp3) is 0.833. The van der Waals surface area contributed by atoms with Crippen LogP contribution in [0.15, 0.2) is 12.2 Å². The average molecular weight is 443 g/mol. The lowest BCUT2D eigenvalue weighted by molar-refractivity contribution is -0.146. The molecule has 0 saturated heterocycles. The third kappa shape index (κ3) is 14.4. The van der Waals surface area contributed by atoms with Gasteiger partial charge in [-0.3, -0.25) is 9.59 Å². The molecule has 2 atom stereocenters. The van der Waals surface area contributed by atoms with Crippen LogP contribution in [0.25, 0.3) is 0 Å². The van der Waals surface area contributed by atoms with Crippen molar-refractivity contribution in [3.63, 3.8) is 0 Å². The number of rotatable bonds is 17. The van der Waals surface area contributed by atoms with E-state index in [1.165, 1.54) is 0 Å². The molecule has 1 rings (SSSR count). The number of allylic oxidation sites excluding steroid dienone is 2. The van der Waals surface area contributed by atoms with Gasteiger partial charge in [0.15, 0.2) is 0 Å². The number of carbonyl (C=O) groups excluding carboxylic acids is 2. The van der Waals surface area contributed by atoms with Crippen LogP contribution in [-0.4, -0.2) is 70.2 Å². The molecule has 2 unspecified atom stereocenters. The quantitative estimate of drug-likeness (QED) is 0.193. The van der Waals surface area contributed by atoms with Gasteiger partial charge < -0.3 is 23.7 Å². The Bertz CT molecular complexity index is 525. The van der Waals surface area contributed by atoms with Crippen LogP contribution in [-0.2, 0) is 33.3 Å².